The molecule has 1 atom stereocenters. The number of ether oxygens (including phenoxy) is 1. The Hall–Kier alpha value is -0.980. The van der Waals surface area contributed by atoms with Gasteiger partial charge in [-0.2, -0.15) is 5.10 Å². The second-order valence-corrected chi connectivity index (χ2v) is 4.22. The van der Waals surface area contributed by atoms with Crippen LogP contribution < -0.4 is 11.3 Å². The molecule has 0 saturated carbocycles. The molecule has 0 aliphatic carbocycles. The Morgan fingerprint density at radius 1 is 1.62 bits per heavy atom. The predicted octanol–water partition coefficient (Wildman–Crippen LogP) is 0.0974. The van der Waals surface area contributed by atoms with E-state index in [1.807, 2.05) is 25.5 Å². The van der Waals surface area contributed by atoms with Crippen molar-refractivity contribution < 1.29 is 4.74 Å². The molecule has 0 spiro atoms. The van der Waals surface area contributed by atoms with E-state index in [4.69, 9.17) is 10.6 Å². The van der Waals surface area contributed by atoms with Crippen molar-refractivity contribution in [3.63, 3.8) is 0 Å². The Kier molecular flexibility index (Phi) is 4.40. The van der Waals surface area contributed by atoms with Gasteiger partial charge in [0.25, 0.3) is 0 Å². The van der Waals surface area contributed by atoms with Gasteiger partial charge in [0.15, 0.2) is 0 Å². The van der Waals surface area contributed by atoms with Gasteiger partial charge in [-0.25, -0.2) is 4.98 Å². The summed E-state index contributed by atoms with van der Waals surface area (Å²) >= 11 is 0. The molecule has 92 valence electrons. The molecule has 1 unspecified atom stereocenters. The molecule has 0 radical (unpaired) electrons. The van der Waals surface area contributed by atoms with E-state index in [9.17, 15) is 0 Å². The summed E-state index contributed by atoms with van der Waals surface area (Å²) < 4.78 is 7.27. The molecule has 6 nitrogen and oxygen atoms in total. The van der Waals surface area contributed by atoms with E-state index in [1.54, 1.807) is 13.4 Å². The van der Waals surface area contributed by atoms with Gasteiger partial charge >= 0.3 is 0 Å². The molecule has 1 aromatic heterocycles. The fourth-order valence-electron chi connectivity index (χ4n) is 1.54. The van der Waals surface area contributed by atoms with Crippen LogP contribution in [0.5, 0.6) is 0 Å². The van der Waals surface area contributed by atoms with Crippen LogP contribution in [0.25, 0.3) is 0 Å². The number of rotatable bonds is 6. The number of nitrogens with two attached hydrogens (primary N) is 1. The van der Waals surface area contributed by atoms with E-state index in [-0.39, 0.29) is 11.6 Å². The largest absolute Gasteiger partial charge is 0.377 e. The highest BCUT2D eigenvalue weighted by Gasteiger charge is 2.29. The van der Waals surface area contributed by atoms with E-state index in [2.05, 4.69) is 15.5 Å². The lowest BCUT2D eigenvalue weighted by Crippen LogP contribution is -2.52. The lowest BCUT2D eigenvalue weighted by Gasteiger charge is -2.32. The first-order chi connectivity index (χ1) is 7.55. The summed E-state index contributed by atoms with van der Waals surface area (Å²) in [6.45, 7) is 6.82. The summed E-state index contributed by atoms with van der Waals surface area (Å²) in [5.41, 5.74) is 2.43. The lowest BCUT2D eigenvalue weighted by molar-refractivity contribution is -0.0108. The van der Waals surface area contributed by atoms with Crippen molar-refractivity contribution in [1.29, 1.82) is 0 Å². The maximum Gasteiger partial charge on any atom is 0.138 e. The van der Waals surface area contributed by atoms with Gasteiger partial charge in [-0.3, -0.25) is 16.0 Å². The minimum atomic E-state index is -0.348. The Bertz CT molecular complexity index is 323. The number of methoxy groups -OCH3 is 1. The predicted molar refractivity (Wildman–Crippen MR) is 61.6 cm³/mol. The van der Waals surface area contributed by atoms with Crippen molar-refractivity contribution >= 4 is 0 Å². The van der Waals surface area contributed by atoms with E-state index in [1.165, 1.54) is 0 Å². The average molecular weight is 227 g/mol. The average Bonchev–Trinajstić information content (AvgIpc) is 2.72. The van der Waals surface area contributed by atoms with Crippen LogP contribution >= 0.6 is 0 Å². The van der Waals surface area contributed by atoms with Crippen molar-refractivity contribution in [3.05, 3.63) is 12.2 Å². The summed E-state index contributed by atoms with van der Waals surface area (Å²) in [7, 11) is 1.68. The minimum absolute atomic E-state index is 0.00741. The monoisotopic (exact) mass is 227 g/mol. The SMILES string of the molecule is CCn1ncnc1CC(NN)C(C)(C)OC. The normalized spacial score (nSPS) is 14.1. The van der Waals surface area contributed by atoms with Gasteiger partial charge in [0, 0.05) is 20.1 Å². The van der Waals surface area contributed by atoms with E-state index in [0.29, 0.717) is 6.42 Å². The third-order valence-electron chi connectivity index (χ3n) is 2.95. The first kappa shape index (κ1) is 13.1. The van der Waals surface area contributed by atoms with Gasteiger partial charge in [-0.15, -0.1) is 0 Å². The van der Waals surface area contributed by atoms with Crippen molar-refractivity contribution in [1.82, 2.24) is 20.2 Å². The number of nitrogens with zero attached hydrogens (tertiary/aromatic N) is 3. The molecule has 0 amide bonds. The molecule has 16 heavy (non-hydrogen) atoms. The highest BCUT2D eigenvalue weighted by molar-refractivity contribution is 4.95. The zero-order valence-electron chi connectivity index (χ0n) is 10.4. The van der Waals surface area contributed by atoms with E-state index < -0.39 is 0 Å². The fourth-order valence-corrected chi connectivity index (χ4v) is 1.54. The highest BCUT2D eigenvalue weighted by atomic mass is 16.5. The van der Waals surface area contributed by atoms with Crippen molar-refractivity contribution in [2.24, 2.45) is 5.84 Å². The smallest absolute Gasteiger partial charge is 0.138 e. The zero-order chi connectivity index (χ0) is 12.2. The Morgan fingerprint density at radius 3 is 2.81 bits per heavy atom. The number of hydrogen-bond acceptors (Lipinski definition) is 5. The van der Waals surface area contributed by atoms with Gasteiger partial charge in [0.2, 0.25) is 0 Å². The molecule has 6 heteroatoms. The number of hydrogen-bond donors (Lipinski definition) is 2. The van der Waals surface area contributed by atoms with Crippen molar-refractivity contribution in [2.75, 3.05) is 7.11 Å². The van der Waals surface area contributed by atoms with E-state index >= 15 is 0 Å². The molecular formula is C10H21N5O. The quantitative estimate of drug-likeness (QED) is 0.532. The molecule has 0 saturated heterocycles. The maximum atomic E-state index is 5.56. The number of aromatic nitrogens is 3. The van der Waals surface area contributed by atoms with Crippen LogP contribution in [0.2, 0.25) is 0 Å². The summed E-state index contributed by atoms with van der Waals surface area (Å²) in [6.07, 6.45) is 2.25. The third-order valence-corrected chi connectivity index (χ3v) is 2.95. The molecule has 3 N–H and O–H groups in total. The second kappa shape index (κ2) is 5.38. The van der Waals surface area contributed by atoms with Crippen LogP contribution in [-0.2, 0) is 17.7 Å². The lowest BCUT2D eigenvalue weighted by atomic mass is 9.96. The third kappa shape index (κ3) is 2.78. The first-order valence-electron chi connectivity index (χ1n) is 5.43. The van der Waals surface area contributed by atoms with Crippen LogP contribution in [0.15, 0.2) is 6.33 Å². The van der Waals surface area contributed by atoms with Crippen molar-refractivity contribution in [2.45, 2.75) is 45.4 Å². The minimum Gasteiger partial charge on any atom is -0.377 e. The maximum absolute atomic E-state index is 5.56. The molecular weight excluding hydrogens is 206 g/mol. The van der Waals surface area contributed by atoms with Gasteiger partial charge in [-0.05, 0) is 20.8 Å². The standard InChI is InChI=1S/C10H21N5O/c1-5-15-9(12-7-13-15)6-8(14-11)10(2,3)16-4/h7-8,14H,5-6,11H2,1-4H3. The molecule has 0 bridgehead atoms. The summed E-state index contributed by atoms with van der Waals surface area (Å²) in [4.78, 5) is 4.22. The number of aryl methyl sites for hydroxylation is 1. The van der Waals surface area contributed by atoms with Crippen LogP contribution in [0.3, 0.4) is 0 Å². The molecule has 0 aromatic carbocycles. The molecule has 1 aromatic rings. The molecule has 1 heterocycles. The van der Waals surface area contributed by atoms with Crippen LogP contribution in [0, 0.1) is 0 Å². The van der Waals surface area contributed by atoms with E-state index in [0.717, 1.165) is 12.4 Å². The fraction of sp³-hybridized carbons (Fsp3) is 0.800. The Morgan fingerprint density at radius 2 is 2.31 bits per heavy atom. The van der Waals surface area contributed by atoms with Gasteiger partial charge in [-0.1, -0.05) is 0 Å². The first-order valence-corrected chi connectivity index (χ1v) is 5.43. The number of nitrogens with one attached hydrogen (secondary N) is 1. The summed E-state index contributed by atoms with van der Waals surface area (Å²) in [5.74, 6) is 6.47. The Balaban J connectivity index is 2.78. The highest BCUT2D eigenvalue weighted by Crippen LogP contribution is 2.16. The summed E-state index contributed by atoms with van der Waals surface area (Å²) in [5, 5.41) is 4.13. The van der Waals surface area contributed by atoms with Gasteiger partial charge in [0.1, 0.15) is 12.2 Å². The van der Waals surface area contributed by atoms with Gasteiger partial charge < -0.3 is 4.74 Å². The molecule has 0 aliphatic rings. The van der Waals surface area contributed by atoms with Crippen LogP contribution in [-0.4, -0.2) is 33.5 Å². The van der Waals surface area contributed by atoms with Crippen molar-refractivity contribution in [3.8, 4) is 0 Å². The molecule has 1 rings (SSSR count). The summed E-state index contributed by atoms with van der Waals surface area (Å²) in [6, 6.07) is -0.00741. The van der Waals surface area contributed by atoms with Crippen LogP contribution in [0.1, 0.15) is 26.6 Å². The van der Waals surface area contributed by atoms with Crippen LogP contribution in [0.4, 0.5) is 0 Å². The molecule has 0 fully saturated rings. The number of hydrazine groups is 1. The van der Waals surface area contributed by atoms with Gasteiger partial charge in [0.05, 0.1) is 11.6 Å². The zero-order valence-corrected chi connectivity index (χ0v) is 10.4. The molecule has 0 aliphatic heterocycles. The Labute approximate surface area is 96.2 Å². The second-order valence-electron chi connectivity index (χ2n) is 4.22. The topological polar surface area (TPSA) is 78.0 Å².